The van der Waals surface area contributed by atoms with Gasteiger partial charge < -0.3 is 10.2 Å². The van der Waals surface area contributed by atoms with Crippen LogP contribution >= 0.6 is 8.58 Å². The van der Waals surface area contributed by atoms with E-state index in [1.165, 1.54) is 10.9 Å². The average Bonchev–Trinajstić information content (AvgIpc) is 2.66. The van der Waals surface area contributed by atoms with E-state index in [0.29, 0.717) is 14.3 Å². The van der Waals surface area contributed by atoms with E-state index < -0.39 is 6.10 Å². The standard InChI is InChI=1S/C29H45O2P/c1-11-12-15-29(10,32-25-14-13-19(2)16-22(25)20(3)30)24-18-21(27(4,5)6)17-23(26(24)31)28(7,8)9/h13-14,16-18,20,30-32H,11-12,15H2,1-10H3. The van der Waals surface area contributed by atoms with Crippen LogP contribution in [0.5, 0.6) is 5.75 Å². The zero-order chi connectivity index (χ0) is 24.5. The Morgan fingerprint density at radius 3 is 2.00 bits per heavy atom. The minimum absolute atomic E-state index is 0.00808. The Morgan fingerprint density at radius 1 is 0.906 bits per heavy atom. The second kappa shape index (κ2) is 9.86. The van der Waals surface area contributed by atoms with Gasteiger partial charge in [-0.1, -0.05) is 113 Å². The Labute approximate surface area is 198 Å². The van der Waals surface area contributed by atoms with Crippen molar-refractivity contribution in [1.82, 2.24) is 0 Å². The highest BCUT2D eigenvalue weighted by Gasteiger charge is 2.35. The van der Waals surface area contributed by atoms with Crippen molar-refractivity contribution in [3.8, 4) is 5.75 Å². The van der Waals surface area contributed by atoms with Crippen LogP contribution in [0, 0.1) is 6.92 Å². The zero-order valence-corrected chi connectivity index (χ0v) is 23.0. The van der Waals surface area contributed by atoms with Crippen molar-refractivity contribution in [2.24, 2.45) is 0 Å². The van der Waals surface area contributed by atoms with Gasteiger partial charge in [0.05, 0.1) is 6.10 Å². The number of unbranched alkanes of at least 4 members (excludes halogenated alkanes) is 1. The van der Waals surface area contributed by atoms with Crippen molar-refractivity contribution in [2.45, 2.75) is 111 Å². The molecule has 3 unspecified atom stereocenters. The molecule has 2 rings (SSSR count). The van der Waals surface area contributed by atoms with Crippen LogP contribution in [0.4, 0.5) is 0 Å². The topological polar surface area (TPSA) is 40.5 Å². The zero-order valence-electron chi connectivity index (χ0n) is 22.0. The quantitative estimate of drug-likeness (QED) is 0.418. The number of aliphatic hydroxyl groups is 1. The lowest BCUT2D eigenvalue weighted by Gasteiger charge is -2.36. The van der Waals surface area contributed by atoms with Gasteiger partial charge in [-0.05, 0) is 53.1 Å². The molecule has 0 saturated heterocycles. The number of aliphatic hydroxyl groups excluding tert-OH is 1. The maximum absolute atomic E-state index is 11.6. The molecule has 0 aliphatic rings. The molecule has 0 spiro atoms. The summed E-state index contributed by atoms with van der Waals surface area (Å²) in [5, 5.41) is 23.1. The van der Waals surface area contributed by atoms with Crippen LogP contribution in [-0.4, -0.2) is 10.2 Å². The van der Waals surface area contributed by atoms with Crippen molar-refractivity contribution in [2.75, 3.05) is 0 Å². The number of phenols is 1. The van der Waals surface area contributed by atoms with E-state index in [9.17, 15) is 10.2 Å². The van der Waals surface area contributed by atoms with Gasteiger partial charge in [-0.3, -0.25) is 0 Å². The molecular weight excluding hydrogens is 411 g/mol. The second-order valence-corrected chi connectivity index (χ2v) is 13.6. The largest absolute Gasteiger partial charge is 0.507 e. The van der Waals surface area contributed by atoms with E-state index in [4.69, 9.17) is 0 Å². The fourth-order valence-corrected chi connectivity index (χ4v) is 6.11. The predicted octanol–water partition coefficient (Wildman–Crippen LogP) is 7.76. The highest BCUT2D eigenvalue weighted by molar-refractivity contribution is 7.48. The highest BCUT2D eigenvalue weighted by Crippen LogP contribution is 2.52. The lowest BCUT2D eigenvalue weighted by Crippen LogP contribution is -2.25. The first-order valence-electron chi connectivity index (χ1n) is 12.1. The molecule has 0 aliphatic carbocycles. The Kier molecular flexibility index (Phi) is 8.28. The Morgan fingerprint density at radius 2 is 1.50 bits per heavy atom. The van der Waals surface area contributed by atoms with Gasteiger partial charge in [-0.25, -0.2) is 0 Å². The van der Waals surface area contributed by atoms with Crippen molar-refractivity contribution in [1.29, 1.82) is 0 Å². The molecule has 3 heteroatoms. The predicted molar refractivity (Wildman–Crippen MR) is 142 cm³/mol. The highest BCUT2D eigenvalue weighted by atomic mass is 31.1. The summed E-state index contributed by atoms with van der Waals surface area (Å²) >= 11 is 0. The van der Waals surface area contributed by atoms with Gasteiger partial charge in [0.2, 0.25) is 0 Å². The van der Waals surface area contributed by atoms with Crippen LogP contribution < -0.4 is 5.30 Å². The van der Waals surface area contributed by atoms with E-state index in [2.05, 4.69) is 92.6 Å². The summed E-state index contributed by atoms with van der Waals surface area (Å²) in [4.78, 5) is 0. The molecule has 0 fully saturated rings. The van der Waals surface area contributed by atoms with Gasteiger partial charge in [0, 0.05) is 10.7 Å². The number of aryl methyl sites for hydroxylation is 1. The van der Waals surface area contributed by atoms with Crippen LogP contribution in [-0.2, 0) is 16.0 Å². The summed E-state index contributed by atoms with van der Waals surface area (Å²) in [6.07, 6.45) is 2.71. The first kappa shape index (κ1) is 26.9. The minimum atomic E-state index is -0.507. The molecule has 178 valence electrons. The molecule has 0 aromatic heterocycles. The molecule has 2 nitrogen and oxygen atoms in total. The molecule has 0 saturated carbocycles. The van der Waals surface area contributed by atoms with E-state index in [0.717, 1.165) is 41.5 Å². The van der Waals surface area contributed by atoms with Gasteiger partial charge in [0.25, 0.3) is 0 Å². The van der Waals surface area contributed by atoms with Crippen LogP contribution in [0.25, 0.3) is 0 Å². The monoisotopic (exact) mass is 456 g/mol. The van der Waals surface area contributed by atoms with Crippen molar-refractivity contribution >= 4 is 13.9 Å². The molecule has 2 N–H and O–H groups in total. The molecule has 0 bridgehead atoms. The maximum Gasteiger partial charge on any atom is 0.123 e. The molecule has 2 aromatic carbocycles. The van der Waals surface area contributed by atoms with Gasteiger partial charge in [0.1, 0.15) is 5.75 Å². The average molecular weight is 457 g/mol. The minimum Gasteiger partial charge on any atom is -0.507 e. The second-order valence-electron chi connectivity index (χ2n) is 11.7. The molecule has 0 heterocycles. The Hall–Kier alpha value is -1.37. The van der Waals surface area contributed by atoms with E-state index in [-0.39, 0.29) is 16.0 Å². The lowest BCUT2D eigenvalue weighted by atomic mass is 9.77. The van der Waals surface area contributed by atoms with E-state index >= 15 is 0 Å². The van der Waals surface area contributed by atoms with Crippen LogP contribution in [0.3, 0.4) is 0 Å². The van der Waals surface area contributed by atoms with E-state index in [1.54, 1.807) is 0 Å². The fourth-order valence-electron chi connectivity index (χ4n) is 4.29. The van der Waals surface area contributed by atoms with Gasteiger partial charge in [-0.2, -0.15) is 0 Å². The van der Waals surface area contributed by atoms with Gasteiger partial charge >= 0.3 is 0 Å². The number of phenolic OH excluding ortho intramolecular Hbond substituents is 1. The SMILES string of the molecule is CCCCC(C)(Pc1ccc(C)cc1C(C)O)c1cc(C(C)(C)C)cc(C(C)(C)C)c1O. The number of hydrogen-bond acceptors (Lipinski definition) is 2. The third-order valence-electron chi connectivity index (χ3n) is 6.48. The van der Waals surface area contributed by atoms with Crippen molar-refractivity contribution in [3.05, 3.63) is 58.1 Å². The normalized spacial score (nSPS) is 15.8. The van der Waals surface area contributed by atoms with Crippen LogP contribution in [0.2, 0.25) is 0 Å². The van der Waals surface area contributed by atoms with E-state index in [1.807, 2.05) is 6.92 Å². The molecule has 0 aliphatic heterocycles. The first-order valence-corrected chi connectivity index (χ1v) is 13.1. The number of hydrogen-bond donors (Lipinski definition) is 2. The number of rotatable bonds is 7. The molecule has 0 amide bonds. The third-order valence-corrected chi connectivity index (χ3v) is 8.27. The Bertz CT molecular complexity index is 931. The molecule has 3 atom stereocenters. The maximum atomic E-state index is 11.6. The summed E-state index contributed by atoms with van der Waals surface area (Å²) in [6, 6.07) is 10.9. The van der Waals surface area contributed by atoms with Crippen LogP contribution in [0.1, 0.15) is 115 Å². The molecule has 2 aromatic rings. The van der Waals surface area contributed by atoms with Crippen molar-refractivity contribution in [3.63, 3.8) is 0 Å². The third kappa shape index (κ3) is 6.15. The molecule has 0 radical (unpaired) electrons. The fraction of sp³-hybridized carbons (Fsp3) is 0.586. The summed E-state index contributed by atoms with van der Waals surface area (Å²) in [5.41, 5.74) is 5.36. The summed E-state index contributed by atoms with van der Waals surface area (Å²) in [5.74, 6) is 0.447. The first-order chi connectivity index (χ1) is 14.6. The molecular formula is C29H45O2P. The summed E-state index contributed by atoms with van der Waals surface area (Å²) in [7, 11) is 0.460. The smallest absolute Gasteiger partial charge is 0.123 e. The van der Waals surface area contributed by atoms with Gasteiger partial charge in [-0.15, -0.1) is 0 Å². The summed E-state index contributed by atoms with van der Waals surface area (Å²) < 4.78 is 0. The van der Waals surface area contributed by atoms with Crippen molar-refractivity contribution < 1.29 is 10.2 Å². The van der Waals surface area contributed by atoms with Crippen LogP contribution in [0.15, 0.2) is 30.3 Å². The summed E-state index contributed by atoms with van der Waals surface area (Å²) in [6.45, 7) is 21.7. The lowest BCUT2D eigenvalue weighted by molar-refractivity contribution is 0.200. The number of benzene rings is 2. The number of aromatic hydroxyl groups is 1. The van der Waals surface area contributed by atoms with Gasteiger partial charge in [0.15, 0.2) is 0 Å². The molecule has 32 heavy (non-hydrogen) atoms. The Balaban J connectivity index is 2.77.